The van der Waals surface area contributed by atoms with Crippen molar-refractivity contribution in [2.45, 2.75) is 116 Å². The van der Waals surface area contributed by atoms with Crippen LogP contribution in [0.5, 0.6) is 0 Å². The summed E-state index contributed by atoms with van der Waals surface area (Å²) in [7, 11) is 0. The van der Waals surface area contributed by atoms with Crippen LogP contribution in [-0.2, 0) is 6.42 Å². The molecule has 2 unspecified atom stereocenters. The predicted octanol–water partition coefficient (Wildman–Crippen LogP) is 8.78. The van der Waals surface area contributed by atoms with Gasteiger partial charge in [0.15, 0.2) is 0 Å². The third-order valence-electron chi connectivity index (χ3n) is 6.57. The molecule has 2 heteroatoms. The Kier molecular flexibility index (Phi) is 13.3. The Morgan fingerprint density at radius 2 is 1.33 bits per heavy atom. The summed E-state index contributed by atoms with van der Waals surface area (Å²) in [5, 5.41) is 0. The van der Waals surface area contributed by atoms with E-state index < -0.39 is 0 Å². The Bertz CT molecular complexity index is 605. The number of rotatable bonds is 18. The Balaban J connectivity index is 1.93. The zero-order valence-corrected chi connectivity index (χ0v) is 19.8. The fourth-order valence-electron chi connectivity index (χ4n) is 4.76. The third kappa shape index (κ3) is 9.96. The first-order chi connectivity index (χ1) is 14.8. The lowest BCUT2D eigenvalue weighted by Gasteiger charge is -2.29. The lowest BCUT2D eigenvalue weighted by molar-refractivity contribution is 0.275. The van der Waals surface area contributed by atoms with Crippen molar-refractivity contribution in [2.75, 3.05) is 0 Å². The molecule has 0 saturated heterocycles. The zero-order valence-electron chi connectivity index (χ0n) is 19.8. The maximum Gasteiger partial charge on any atom is 0.0948 e. The highest BCUT2D eigenvalue weighted by molar-refractivity contribution is 5.15. The standard InChI is InChI=1S/C28H46N2/c1-3-5-7-9-10-11-12-16-20-27(24-26-18-14-13-15-19-26)28(21-17-8-6-4-2)30-23-22-29-25-30/h13-15,18-19,22-23,25,27-28H,3-12,16-17,20-21,24H2,1-2H3. The number of nitrogens with zero attached hydrogens (tertiary/aromatic N) is 2. The smallest absolute Gasteiger partial charge is 0.0948 e. The van der Waals surface area contributed by atoms with E-state index in [0.717, 1.165) is 0 Å². The monoisotopic (exact) mass is 410 g/mol. The quantitative estimate of drug-likeness (QED) is 0.224. The summed E-state index contributed by atoms with van der Waals surface area (Å²) in [5.41, 5.74) is 1.49. The van der Waals surface area contributed by atoms with Crippen LogP contribution in [0.3, 0.4) is 0 Å². The molecule has 1 aromatic heterocycles. The van der Waals surface area contributed by atoms with Crippen LogP contribution in [0.4, 0.5) is 0 Å². The number of aromatic nitrogens is 2. The lowest BCUT2D eigenvalue weighted by Crippen LogP contribution is -2.21. The minimum absolute atomic E-state index is 0.578. The molecule has 0 fully saturated rings. The first-order valence-electron chi connectivity index (χ1n) is 12.9. The number of unbranched alkanes of at least 4 members (excludes halogenated alkanes) is 10. The van der Waals surface area contributed by atoms with Crippen LogP contribution in [0.1, 0.15) is 115 Å². The van der Waals surface area contributed by atoms with Crippen LogP contribution >= 0.6 is 0 Å². The first-order valence-corrected chi connectivity index (χ1v) is 12.9. The number of imidazole rings is 1. The van der Waals surface area contributed by atoms with Crippen LogP contribution in [0.15, 0.2) is 49.1 Å². The van der Waals surface area contributed by atoms with E-state index in [1.807, 2.05) is 6.20 Å². The Morgan fingerprint density at radius 1 is 0.733 bits per heavy atom. The van der Waals surface area contributed by atoms with Crippen molar-refractivity contribution >= 4 is 0 Å². The van der Waals surface area contributed by atoms with Gasteiger partial charge >= 0.3 is 0 Å². The second-order valence-corrected chi connectivity index (χ2v) is 9.14. The van der Waals surface area contributed by atoms with E-state index in [0.29, 0.717) is 12.0 Å². The molecule has 0 spiro atoms. The normalized spacial score (nSPS) is 13.4. The van der Waals surface area contributed by atoms with Crippen LogP contribution in [0.25, 0.3) is 0 Å². The van der Waals surface area contributed by atoms with Gasteiger partial charge in [-0.25, -0.2) is 4.98 Å². The molecule has 2 rings (SSSR count). The van der Waals surface area contributed by atoms with Gasteiger partial charge in [0.05, 0.1) is 6.33 Å². The minimum Gasteiger partial charge on any atom is -0.334 e. The van der Waals surface area contributed by atoms with Crippen LogP contribution in [0.2, 0.25) is 0 Å². The van der Waals surface area contributed by atoms with Crippen LogP contribution < -0.4 is 0 Å². The molecule has 168 valence electrons. The van der Waals surface area contributed by atoms with E-state index >= 15 is 0 Å². The molecular formula is C28H46N2. The third-order valence-corrected chi connectivity index (χ3v) is 6.57. The molecule has 1 aromatic carbocycles. The molecule has 1 heterocycles. The van der Waals surface area contributed by atoms with E-state index in [9.17, 15) is 0 Å². The number of hydrogen-bond acceptors (Lipinski definition) is 1. The molecule has 0 amide bonds. The molecule has 30 heavy (non-hydrogen) atoms. The second kappa shape index (κ2) is 16.2. The highest BCUT2D eigenvalue weighted by Crippen LogP contribution is 2.32. The van der Waals surface area contributed by atoms with Gasteiger partial charge in [-0.3, -0.25) is 0 Å². The highest BCUT2D eigenvalue weighted by Gasteiger charge is 2.22. The van der Waals surface area contributed by atoms with Gasteiger partial charge in [-0.2, -0.15) is 0 Å². The predicted molar refractivity (Wildman–Crippen MR) is 131 cm³/mol. The van der Waals surface area contributed by atoms with Gasteiger partial charge in [0.2, 0.25) is 0 Å². The van der Waals surface area contributed by atoms with Gasteiger partial charge in [0, 0.05) is 18.4 Å². The maximum atomic E-state index is 4.39. The first kappa shape index (κ1) is 24.7. The summed E-state index contributed by atoms with van der Waals surface area (Å²) in [4.78, 5) is 4.39. The SMILES string of the molecule is CCCCCCCCCCC(Cc1ccccc1)C(CCCCCC)n1ccnc1. The molecular weight excluding hydrogens is 364 g/mol. The largest absolute Gasteiger partial charge is 0.334 e. The van der Waals surface area contributed by atoms with Gasteiger partial charge < -0.3 is 4.57 Å². The minimum atomic E-state index is 0.578. The molecule has 0 aliphatic rings. The van der Waals surface area contributed by atoms with Crippen molar-refractivity contribution in [1.29, 1.82) is 0 Å². The summed E-state index contributed by atoms with van der Waals surface area (Å²) < 4.78 is 2.41. The van der Waals surface area contributed by atoms with Crippen LogP contribution in [0, 0.1) is 5.92 Å². The van der Waals surface area contributed by atoms with Crippen molar-refractivity contribution in [2.24, 2.45) is 5.92 Å². The van der Waals surface area contributed by atoms with E-state index in [2.05, 4.69) is 66.3 Å². The maximum absolute atomic E-state index is 4.39. The van der Waals surface area contributed by atoms with Crippen molar-refractivity contribution in [3.05, 3.63) is 54.6 Å². The van der Waals surface area contributed by atoms with E-state index in [-0.39, 0.29) is 0 Å². The Labute approximate surface area is 186 Å². The van der Waals surface area contributed by atoms with Gasteiger partial charge in [0.25, 0.3) is 0 Å². The highest BCUT2D eigenvalue weighted by atomic mass is 15.1. The molecule has 2 nitrogen and oxygen atoms in total. The molecule has 0 aliphatic carbocycles. The van der Waals surface area contributed by atoms with Crippen molar-refractivity contribution in [3.63, 3.8) is 0 Å². The molecule has 0 radical (unpaired) electrons. The summed E-state index contributed by atoms with van der Waals surface area (Å²) >= 11 is 0. The van der Waals surface area contributed by atoms with E-state index in [4.69, 9.17) is 0 Å². The molecule has 0 N–H and O–H groups in total. The molecule has 0 aliphatic heterocycles. The molecule has 2 atom stereocenters. The number of benzene rings is 1. The lowest BCUT2D eigenvalue weighted by atomic mass is 9.84. The van der Waals surface area contributed by atoms with Crippen molar-refractivity contribution in [3.8, 4) is 0 Å². The fourth-order valence-corrected chi connectivity index (χ4v) is 4.76. The zero-order chi connectivity index (χ0) is 21.3. The average molecular weight is 411 g/mol. The summed E-state index contributed by atoms with van der Waals surface area (Å²) in [6.07, 6.45) is 26.6. The Hall–Kier alpha value is -1.57. The summed E-state index contributed by atoms with van der Waals surface area (Å²) in [5.74, 6) is 0.698. The van der Waals surface area contributed by atoms with E-state index in [1.54, 1.807) is 0 Å². The van der Waals surface area contributed by atoms with Crippen LogP contribution in [-0.4, -0.2) is 9.55 Å². The second-order valence-electron chi connectivity index (χ2n) is 9.14. The molecule has 0 saturated carbocycles. The van der Waals surface area contributed by atoms with Gasteiger partial charge in [-0.1, -0.05) is 121 Å². The molecule has 0 bridgehead atoms. The van der Waals surface area contributed by atoms with Gasteiger partial charge in [-0.05, 0) is 30.7 Å². The van der Waals surface area contributed by atoms with Crippen molar-refractivity contribution < 1.29 is 0 Å². The molecule has 2 aromatic rings. The Morgan fingerprint density at radius 3 is 1.97 bits per heavy atom. The van der Waals surface area contributed by atoms with E-state index in [1.165, 1.54) is 102 Å². The fraction of sp³-hybridized carbons (Fsp3) is 0.679. The summed E-state index contributed by atoms with van der Waals surface area (Å²) in [6, 6.07) is 11.7. The summed E-state index contributed by atoms with van der Waals surface area (Å²) in [6.45, 7) is 4.60. The number of hydrogen-bond donors (Lipinski definition) is 0. The van der Waals surface area contributed by atoms with Crippen molar-refractivity contribution in [1.82, 2.24) is 9.55 Å². The average Bonchev–Trinajstić information content (AvgIpc) is 3.30. The van der Waals surface area contributed by atoms with Gasteiger partial charge in [0.1, 0.15) is 0 Å². The topological polar surface area (TPSA) is 17.8 Å². The van der Waals surface area contributed by atoms with Gasteiger partial charge in [-0.15, -0.1) is 0 Å².